The molecule has 0 N–H and O–H groups in total. The molecule has 2 aromatic carbocycles. The van der Waals surface area contributed by atoms with Crippen LogP contribution >= 0.6 is 11.6 Å². The molecule has 8 heteroatoms. The monoisotopic (exact) mass is 423 g/mol. The van der Waals surface area contributed by atoms with E-state index in [2.05, 4.69) is 15.3 Å². The quantitative estimate of drug-likeness (QED) is 0.594. The standard InChI is InChI=1S/C22H19ClFN5O/c23-16-7-5-14(6-8-16)21-27-28(22(30)29(21)19-9-10-19)13-18-12-17(25-26-18)11-15-3-1-2-4-20(15)24/h1-8,19H,9-13H2. The SMILES string of the molecule is O=c1n(CC2=NN=C(Cc3ccccc3F)C2)nc(-c2ccc(Cl)cc2)n1C1CC1. The van der Waals surface area contributed by atoms with Gasteiger partial charge in [-0.1, -0.05) is 29.8 Å². The molecule has 0 bridgehead atoms. The van der Waals surface area contributed by atoms with E-state index in [1.165, 1.54) is 10.7 Å². The van der Waals surface area contributed by atoms with Gasteiger partial charge < -0.3 is 0 Å². The first-order valence-electron chi connectivity index (χ1n) is 9.88. The van der Waals surface area contributed by atoms with E-state index in [1.54, 1.807) is 34.9 Å². The van der Waals surface area contributed by atoms with Gasteiger partial charge in [-0.05, 0) is 48.7 Å². The number of hydrogen-bond donors (Lipinski definition) is 0. The average molecular weight is 424 g/mol. The van der Waals surface area contributed by atoms with Crippen LogP contribution in [-0.4, -0.2) is 25.8 Å². The fourth-order valence-corrected chi connectivity index (χ4v) is 3.77. The van der Waals surface area contributed by atoms with E-state index in [9.17, 15) is 9.18 Å². The molecule has 1 aliphatic heterocycles. The first-order chi connectivity index (χ1) is 14.6. The molecule has 1 aliphatic carbocycles. The van der Waals surface area contributed by atoms with Crippen molar-refractivity contribution >= 4 is 23.0 Å². The third-order valence-electron chi connectivity index (χ3n) is 5.31. The molecule has 0 amide bonds. The highest BCUT2D eigenvalue weighted by Gasteiger charge is 2.31. The summed E-state index contributed by atoms with van der Waals surface area (Å²) < 4.78 is 17.1. The van der Waals surface area contributed by atoms with Gasteiger partial charge >= 0.3 is 5.69 Å². The smallest absolute Gasteiger partial charge is 0.272 e. The molecule has 0 saturated heterocycles. The predicted molar refractivity (Wildman–Crippen MR) is 115 cm³/mol. The lowest BCUT2D eigenvalue weighted by Crippen LogP contribution is -2.27. The Kier molecular flexibility index (Phi) is 4.83. The minimum Gasteiger partial charge on any atom is -0.272 e. The van der Waals surface area contributed by atoms with Crippen LogP contribution < -0.4 is 5.69 Å². The van der Waals surface area contributed by atoms with Crippen molar-refractivity contribution in [3.05, 3.63) is 75.4 Å². The van der Waals surface area contributed by atoms with E-state index in [0.717, 1.165) is 29.8 Å². The van der Waals surface area contributed by atoms with Gasteiger partial charge in [0.25, 0.3) is 0 Å². The number of aromatic nitrogens is 3. The van der Waals surface area contributed by atoms with Crippen LogP contribution in [0.15, 0.2) is 63.5 Å². The maximum atomic E-state index is 13.9. The van der Waals surface area contributed by atoms with Crippen molar-refractivity contribution in [2.75, 3.05) is 0 Å². The Morgan fingerprint density at radius 3 is 2.50 bits per heavy atom. The third kappa shape index (κ3) is 3.73. The lowest BCUT2D eigenvalue weighted by Gasteiger charge is -2.03. The van der Waals surface area contributed by atoms with Crippen molar-refractivity contribution in [2.24, 2.45) is 10.2 Å². The molecule has 3 aromatic rings. The van der Waals surface area contributed by atoms with Gasteiger partial charge in [-0.3, -0.25) is 4.57 Å². The van der Waals surface area contributed by atoms with Gasteiger partial charge in [0.05, 0.1) is 18.0 Å². The second-order valence-electron chi connectivity index (χ2n) is 7.65. The summed E-state index contributed by atoms with van der Waals surface area (Å²) in [6, 6.07) is 14.2. The number of halogens is 2. The fraction of sp³-hybridized carbons (Fsp3) is 0.273. The number of nitrogens with zero attached hydrogens (tertiary/aromatic N) is 5. The maximum Gasteiger partial charge on any atom is 0.346 e. The Bertz CT molecular complexity index is 1220. The predicted octanol–water partition coefficient (Wildman–Crippen LogP) is 4.28. The second-order valence-corrected chi connectivity index (χ2v) is 8.09. The van der Waals surface area contributed by atoms with Crippen LogP contribution in [0.1, 0.15) is 30.9 Å². The summed E-state index contributed by atoms with van der Waals surface area (Å²) in [4.78, 5) is 13.0. The van der Waals surface area contributed by atoms with Crippen LogP contribution in [-0.2, 0) is 13.0 Å². The van der Waals surface area contributed by atoms with Crippen molar-refractivity contribution in [2.45, 2.75) is 38.3 Å². The maximum absolute atomic E-state index is 13.9. The summed E-state index contributed by atoms with van der Waals surface area (Å²) in [7, 11) is 0. The fourth-order valence-electron chi connectivity index (χ4n) is 3.65. The Morgan fingerprint density at radius 2 is 1.77 bits per heavy atom. The van der Waals surface area contributed by atoms with Gasteiger partial charge in [-0.25, -0.2) is 13.9 Å². The molecular formula is C22H19ClFN5O. The molecule has 6 nitrogen and oxygen atoms in total. The molecule has 0 unspecified atom stereocenters. The largest absolute Gasteiger partial charge is 0.346 e. The summed E-state index contributed by atoms with van der Waals surface area (Å²) in [6.07, 6.45) is 2.86. The summed E-state index contributed by atoms with van der Waals surface area (Å²) in [5.74, 6) is 0.394. The molecule has 1 saturated carbocycles. The lowest BCUT2D eigenvalue weighted by molar-refractivity contribution is 0.616. The molecule has 152 valence electrons. The van der Waals surface area contributed by atoms with Gasteiger partial charge in [-0.15, -0.1) is 5.10 Å². The Morgan fingerprint density at radius 1 is 1.03 bits per heavy atom. The van der Waals surface area contributed by atoms with E-state index in [-0.39, 0.29) is 24.1 Å². The molecule has 30 heavy (non-hydrogen) atoms. The highest BCUT2D eigenvalue weighted by atomic mass is 35.5. The summed E-state index contributed by atoms with van der Waals surface area (Å²) in [5, 5.41) is 13.6. The minimum absolute atomic E-state index is 0.146. The molecule has 0 atom stereocenters. The van der Waals surface area contributed by atoms with Gasteiger partial charge in [-0.2, -0.15) is 10.2 Å². The zero-order valence-electron chi connectivity index (χ0n) is 16.1. The molecule has 0 radical (unpaired) electrons. The Hall–Kier alpha value is -3.06. The number of hydrogen-bond acceptors (Lipinski definition) is 4. The van der Waals surface area contributed by atoms with Crippen LogP contribution in [0, 0.1) is 5.82 Å². The van der Waals surface area contributed by atoms with Gasteiger partial charge in [0.1, 0.15) is 5.82 Å². The molecule has 2 aliphatic rings. The van der Waals surface area contributed by atoms with E-state index >= 15 is 0 Å². The van der Waals surface area contributed by atoms with Crippen molar-refractivity contribution in [3.8, 4) is 11.4 Å². The first kappa shape index (κ1) is 18.9. The summed E-state index contributed by atoms with van der Waals surface area (Å²) >= 11 is 6.00. The molecule has 1 aromatic heterocycles. The number of rotatable bonds is 6. The third-order valence-corrected chi connectivity index (χ3v) is 5.56. The highest BCUT2D eigenvalue weighted by molar-refractivity contribution is 6.30. The Balaban J connectivity index is 1.35. The molecular weight excluding hydrogens is 405 g/mol. The average Bonchev–Trinajstić information content (AvgIpc) is 3.40. The van der Waals surface area contributed by atoms with Crippen LogP contribution in [0.4, 0.5) is 4.39 Å². The number of benzene rings is 2. The molecule has 5 rings (SSSR count). The lowest BCUT2D eigenvalue weighted by atomic mass is 10.0. The van der Waals surface area contributed by atoms with Gasteiger partial charge in [0, 0.05) is 29.5 Å². The van der Waals surface area contributed by atoms with Crippen molar-refractivity contribution in [1.29, 1.82) is 0 Å². The van der Waals surface area contributed by atoms with E-state index in [4.69, 9.17) is 11.6 Å². The van der Waals surface area contributed by atoms with Crippen molar-refractivity contribution < 1.29 is 4.39 Å². The minimum atomic E-state index is -0.249. The van der Waals surface area contributed by atoms with Gasteiger partial charge in [0.15, 0.2) is 5.82 Å². The van der Waals surface area contributed by atoms with Crippen LogP contribution in [0.2, 0.25) is 5.02 Å². The molecule has 0 spiro atoms. The Labute approximate surface area is 177 Å². The first-order valence-corrected chi connectivity index (χ1v) is 10.3. The zero-order valence-corrected chi connectivity index (χ0v) is 16.9. The van der Waals surface area contributed by atoms with E-state index in [0.29, 0.717) is 29.3 Å². The van der Waals surface area contributed by atoms with E-state index in [1.807, 2.05) is 12.1 Å². The second kappa shape index (κ2) is 7.65. The molecule has 1 fully saturated rings. The summed E-state index contributed by atoms with van der Waals surface area (Å²) in [6.45, 7) is 0.267. The van der Waals surface area contributed by atoms with Crippen LogP contribution in [0.25, 0.3) is 11.4 Å². The highest BCUT2D eigenvalue weighted by Crippen LogP contribution is 2.36. The summed E-state index contributed by atoms with van der Waals surface area (Å²) in [5.41, 5.74) is 2.82. The van der Waals surface area contributed by atoms with Crippen LogP contribution in [0.3, 0.4) is 0 Å². The molecule has 2 heterocycles. The van der Waals surface area contributed by atoms with E-state index < -0.39 is 0 Å². The zero-order chi connectivity index (χ0) is 20.7. The normalized spacial score (nSPS) is 15.9. The van der Waals surface area contributed by atoms with Crippen molar-refractivity contribution in [3.63, 3.8) is 0 Å². The van der Waals surface area contributed by atoms with Crippen molar-refractivity contribution in [1.82, 2.24) is 14.3 Å². The van der Waals surface area contributed by atoms with Crippen LogP contribution in [0.5, 0.6) is 0 Å². The van der Waals surface area contributed by atoms with Gasteiger partial charge in [0.2, 0.25) is 0 Å². The topological polar surface area (TPSA) is 64.5 Å².